The molecule has 0 saturated carbocycles. The van der Waals surface area contributed by atoms with Gasteiger partial charge in [-0.15, -0.1) is 0 Å². The molecule has 37 heavy (non-hydrogen) atoms. The maximum absolute atomic E-state index is 12.3. The van der Waals surface area contributed by atoms with E-state index in [9.17, 15) is 4.79 Å². The first-order valence-corrected chi connectivity index (χ1v) is 13.8. The predicted octanol–water partition coefficient (Wildman–Crippen LogP) is 4.66. The highest BCUT2D eigenvalue weighted by Crippen LogP contribution is 2.47. The Morgan fingerprint density at radius 1 is 0.784 bits per heavy atom. The summed E-state index contributed by atoms with van der Waals surface area (Å²) >= 11 is 0. The molecule has 2 saturated heterocycles. The molecule has 0 unspecified atom stereocenters. The summed E-state index contributed by atoms with van der Waals surface area (Å²) in [5.41, 5.74) is 1.64. The number of nitrogens with zero attached hydrogens (tertiary/aromatic N) is 3. The van der Waals surface area contributed by atoms with Crippen molar-refractivity contribution in [2.24, 2.45) is 5.92 Å². The van der Waals surface area contributed by atoms with Crippen LogP contribution in [0.25, 0.3) is 0 Å². The third-order valence-corrected chi connectivity index (χ3v) is 8.48. The molecule has 202 valence electrons. The van der Waals surface area contributed by atoms with Gasteiger partial charge in [-0.05, 0) is 64.8 Å². The number of piperidine rings is 1. The van der Waals surface area contributed by atoms with Crippen LogP contribution in [0.4, 0.5) is 0 Å². The smallest absolute Gasteiger partial charge is 0.124 e. The van der Waals surface area contributed by atoms with Gasteiger partial charge in [-0.2, -0.15) is 0 Å². The number of piperazine rings is 1. The van der Waals surface area contributed by atoms with Crippen LogP contribution in [0.2, 0.25) is 0 Å². The van der Waals surface area contributed by atoms with Crippen LogP contribution in [0.5, 0.6) is 11.5 Å². The minimum atomic E-state index is -0.649. The van der Waals surface area contributed by atoms with Crippen LogP contribution < -0.4 is 9.47 Å². The lowest BCUT2D eigenvalue weighted by Crippen LogP contribution is -2.55. The quantitative estimate of drug-likeness (QED) is 0.460. The minimum Gasteiger partial charge on any atom is -0.496 e. The highest BCUT2D eigenvalue weighted by molar-refractivity contribution is 5.61. The fraction of sp³-hybridized carbons (Fsp3) is 0.581. The fourth-order valence-corrected chi connectivity index (χ4v) is 6.39. The Morgan fingerprint density at radius 3 is 1.76 bits per heavy atom. The Kier molecular flexibility index (Phi) is 8.94. The van der Waals surface area contributed by atoms with E-state index in [1.165, 1.54) is 0 Å². The van der Waals surface area contributed by atoms with E-state index in [0.29, 0.717) is 12.3 Å². The summed E-state index contributed by atoms with van der Waals surface area (Å²) in [6.07, 6.45) is 3.63. The topological polar surface area (TPSA) is 45.3 Å². The van der Waals surface area contributed by atoms with Gasteiger partial charge in [-0.1, -0.05) is 36.4 Å². The van der Waals surface area contributed by atoms with Crippen LogP contribution in [0.1, 0.15) is 51.2 Å². The average molecular weight is 508 g/mol. The molecule has 0 radical (unpaired) electrons. The molecule has 4 rings (SSSR count). The predicted molar refractivity (Wildman–Crippen MR) is 150 cm³/mol. The van der Waals surface area contributed by atoms with E-state index in [0.717, 1.165) is 87.6 Å². The number of ether oxygens (including phenoxy) is 2. The van der Waals surface area contributed by atoms with Gasteiger partial charge in [-0.25, -0.2) is 0 Å². The molecule has 0 spiro atoms. The van der Waals surface area contributed by atoms with E-state index in [2.05, 4.69) is 47.6 Å². The second-order valence-corrected chi connectivity index (χ2v) is 11.5. The molecule has 2 aliphatic heterocycles. The zero-order chi connectivity index (χ0) is 26.5. The average Bonchev–Trinajstić information content (AvgIpc) is 2.92. The van der Waals surface area contributed by atoms with Crippen molar-refractivity contribution < 1.29 is 14.3 Å². The monoisotopic (exact) mass is 507 g/mol. The van der Waals surface area contributed by atoms with E-state index < -0.39 is 5.54 Å². The highest BCUT2D eigenvalue weighted by Gasteiger charge is 2.45. The highest BCUT2D eigenvalue weighted by atomic mass is 16.5. The largest absolute Gasteiger partial charge is 0.496 e. The van der Waals surface area contributed by atoms with Gasteiger partial charge in [0.1, 0.15) is 17.8 Å². The van der Waals surface area contributed by atoms with Gasteiger partial charge < -0.3 is 19.2 Å². The summed E-state index contributed by atoms with van der Waals surface area (Å²) in [5, 5.41) is 0. The zero-order valence-electron chi connectivity index (χ0n) is 23.4. The second kappa shape index (κ2) is 12.0. The second-order valence-electron chi connectivity index (χ2n) is 11.5. The number of carbonyl (C=O) groups excluding carboxylic acids is 1. The summed E-state index contributed by atoms with van der Waals surface area (Å²) in [6, 6.07) is 16.3. The van der Waals surface area contributed by atoms with Gasteiger partial charge in [-0.3, -0.25) is 9.80 Å². The first-order valence-electron chi connectivity index (χ1n) is 13.8. The van der Waals surface area contributed by atoms with Crippen LogP contribution in [0, 0.1) is 5.92 Å². The van der Waals surface area contributed by atoms with Crippen LogP contribution in [-0.2, 0) is 10.3 Å². The van der Waals surface area contributed by atoms with Crippen LogP contribution in [0.3, 0.4) is 0 Å². The normalized spacial score (nSPS) is 19.1. The first-order chi connectivity index (χ1) is 17.8. The standard InChI is InChI=1S/C31H45N3O3/c1-30(2,3)33-21-19-32(20-22-33)24-25-14-17-34(18-15-25)31(16-23-35,26-10-6-8-12-28(26)36-4)27-11-7-9-13-29(27)37-5/h6-13,23,25H,14-22,24H2,1-5H3. The van der Waals surface area contributed by atoms with Gasteiger partial charge in [0.05, 0.1) is 19.8 Å². The number of hydrogen-bond donors (Lipinski definition) is 0. The lowest BCUT2D eigenvalue weighted by Gasteiger charge is -2.48. The Hall–Kier alpha value is -2.41. The van der Waals surface area contributed by atoms with E-state index in [1.807, 2.05) is 36.4 Å². The van der Waals surface area contributed by atoms with E-state index >= 15 is 0 Å². The maximum Gasteiger partial charge on any atom is 0.124 e. The molecule has 0 aromatic heterocycles. The molecule has 2 heterocycles. The Bertz CT molecular complexity index is 971. The number of hydrogen-bond acceptors (Lipinski definition) is 6. The molecular weight excluding hydrogens is 462 g/mol. The zero-order valence-corrected chi connectivity index (χ0v) is 23.4. The molecular formula is C31H45N3O3. The number of benzene rings is 2. The summed E-state index contributed by atoms with van der Waals surface area (Å²) in [5.74, 6) is 2.27. The van der Waals surface area contributed by atoms with Crippen molar-refractivity contribution >= 4 is 6.29 Å². The number of rotatable bonds is 9. The lowest BCUT2D eigenvalue weighted by molar-refractivity contribution is -0.110. The summed E-state index contributed by atoms with van der Waals surface area (Å²) < 4.78 is 11.7. The van der Waals surface area contributed by atoms with Crippen molar-refractivity contribution in [1.82, 2.24) is 14.7 Å². The molecule has 0 amide bonds. The lowest BCUT2D eigenvalue weighted by atomic mass is 9.76. The van der Waals surface area contributed by atoms with Crippen LogP contribution in [0.15, 0.2) is 48.5 Å². The minimum absolute atomic E-state index is 0.246. The van der Waals surface area contributed by atoms with Crippen molar-refractivity contribution in [3.05, 3.63) is 59.7 Å². The van der Waals surface area contributed by atoms with E-state index in [1.54, 1.807) is 14.2 Å². The van der Waals surface area contributed by atoms with Gasteiger partial charge >= 0.3 is 0 Å². The Balaban J connectivity index is 1.57. The van der Waals surface area contributed by atoms with E-state index in [-0.39, 0.29) is 5.54 Å². The van der Waals surface area contributed by atoms with Crippen molar-refractivity contribution in [3.8, 4) is 11.5 Å². The molecule has 6 nitrogen and oxygen atoms in total. The fourth-order valence-electron chi connectivity index (χ4n) is 6.39. The summed E-state index contributed by atoms with van der Waals surface area (Å²) in [7, 11) is 3.41. The molecule has 2 fully saturated rings. The summed E-state index contributed by atoms with van der Waals surface area (Å²) in [6.45, 7) is 14.5. The first kappa shape index (κ1) is 27.6. The van der Waals surface area contributed by atoms with Gasteiger partial charge in [0.2, 0.25) is 0 Å². The van der Waals surface area contributed by atoms with Crippen molar-refractivity contribution in [1.29, 1.82) is 0 Å². The molecule has 2 aliphatic rings. The maximum atomic E-state index is 12.3. The Labute approximate surface area is 223 Å². The number of likely N-dealkylation sites (tertiary alicyclic amines) is 1. The third kappa shape index (κ3) is 5.87. The Morgan fingerprint density at radius 2 is 1.30 bits per heavy atom. The van der Waals surface area contributed by atoms with Crippen molar-refractivity contribution in [3.63, 3.8) is 0 Å². The molecule has 0 atom stereocenters. The number of para-hydroxylation sites is 2. The van der Waals surface area contributed by atoms with E-state index in [4.69, 9.17) is 9.47 Å². The molecule has 0 bridgehead atoms. The van der Waals surface area contributed by atoms with Gasteiger partial charge in [0, 0.05) is 55.8 Å². The van der Waals surface area contributed by atoms with Crippen LogP contribution in [-0.4, -0.2) is 86.6 Å². The molecule has 6 heteroatoms. The molecule has 0 N–H and O–H groups in total. The SMILES string of the molecule is COc1ccccc1C(CC=O)(c1ccccc1OC)N1CCC(CN2CCN(C(C)(C)C)CC2)CC1. The number of carbonyl (C=O) groups is 1. The van der Waals surface area contributed by atoms with Crippen molar-refractivity contribution in [2.45, 2.75) is 51.1 Å². The molecule has 2 aromatic carbocycles. The number of methoxy groups -OCH3 is 2. The van der Waals surface area contributed by atoms with Gasteiger partial charge in [0.15, 0.2) is 0 Å². The summed E-state index contributed by atoms with van der Waals surface area (Å²) in [4.78, 5) is 20.1. The van der Waals surface area contributed by atoms with Crippen molar-refractivity contribution in [2.75, 3.05) is 60.0 Å². The third-order valence-electron chi connectivity index (χ3n) is 8.48. The molecule has 0 aliphatic carbocycles. The molecule has 2 aromatic rings. The number of aldehydes is 1. The van der Waals surface area contributed by atoms with Gasteiger partial charge in [0.25, 0.3) is 0 Å². The van der Waals surface area contributed by atoms with Crippen LogP contribution >= 0.6 is 0 Å².